The van der Waals surface area contributed by atoms with Crippen LogP contribution in [-0.2, 0) is 9.53 Å². The predicted molar refractivity (Wildman–Crippen MR) is 54.7 cm³/mol. The number of carbonyl (C=O) groups excluding carboxylic acids is 1. The molecular formula is C9H18N2O4. The highest BCUT2D eigenvalue weighted by molar-refractivity contribution is 5.82. The number of aliphatic carboxylic acids is 1. The van der Waals surface area contributed by atoms with E-state index in [0.29, 0.717) is 26.0 Å². The molecule has 6 nitrogen and oxygen atoms in total. The summed E-state index contributed by atoms with van der Waals surface area (Å²) in [6, 6.07) is -1.30. The van der Waals surface area contributed by atoms with Gasteiger partial charge in [-0.05, 0) is 6.42 Å². The predicted octanol–water partition coefficient (Wildman–Crippen LogP) is 0.185. The summed E-state index contributed by atoms with van der Waals surface area (Å²) in [5, 5.41) is 13.6. The number of amides is 2. The van der Waals surface area contributed by atoms with Crippen molar-refractivity contribution in [2.24, 2.45) is 0 Å². The van der Waals surface area contributed by atoms with E-state index in [0.717, 1.165) is 0 Å². The second-order valence-corrected chi connectivity index (χ2v) is 3.07. The zero-order chi connectivity index (χ0) is 11.7. The molecule has 0 rings (SSSR count). The Morgan fingerprint density at radius 3 is 2.60 bits per heavy atom. The maximum absolute atomic E-state index is 11.2. The Labute approximate surface area is 89.0 Å². The topological polar surface area (TPSA) is 87.7 Å². The number of hydrogen-bond donors (Lipinski definition) is 3. The normalized spacial score (nSPS) is 11.9. The zero-order valence-electron chi connectivity index (χ0n) is 9.08. The summed E-state index contributed by atoms with van der Waals surface area (Å²) < 4.78 is 4.73. The SMILES string of the molecule is CCCC(NC(=O)NCCOC)C(=O)O. The molecule has 88 valence electrons. The van der Waals surface area contributed by atoms with Crippen molar-refractivity contribution >= 4 is 12.0 Å². The number of methoxy groups -OCH3 is 1. The average molecular weight is 218 g/mol. The summed E-state index contributed by atoms with van der Waals surface area (Å²) in [6.45, 7) is 2.63. The largest absolute Gasteiger partial charge is 0.480 e. The summed E-state index contributed by atoms with van der Waals surface area (Å²) in [5.41, 5.74) is 0. The van der Waals surface area contributed by atoms with Crippen LogP contribution in [0, 0.1) is 0 Å². The van der Waals surface area contributed by atoms with E-state index in [4.69, 9.17) is 9.84 Å². The average Bonchev–Trinajstić information content (AvgIpc) is 2.17. The molecule has 0 radical (unpaired) electrons. The molecule has 0 aromatic rings. The van der Waals surface area contributed by atoms with Crippen LogP contribution in [0.4, 0.5) is 4.79 Å². The summed E-state index contributed by atoms with van der Waals surface area (Å²) in [5.74, 6) is -1.02. The van der Waals surface area contributed by atoms with Crippen LogP contribution in [0.5, 0.6) is 0 Å². The maximum atomic E-state index is 11.2. The zero-order valence-corrected chi connectivity index (χ0v) is 9.08. The standard InChI is InChI=1S/C9H18N2O4/c1-3-4-7(8(12)13)11-9(14)10-5-6-15-2/h7H,3-6H2,1-2H3,(H,12,13)(H2,10,11,14). The highest BCUT2D eigenvalue weighted by Gasteiger charge is 2.17. The van der Waals surface area contributed by atoms with Gasteiger partial charge >= 0.3 is 12.0 Å². The van der Waals surface area contributed by atoms with Gasteiger partial charge in [-0.2, -0.15) is 0 Å². The van der Waals surface area contributed by atoms with Crippen LogP contribution in [0.2, 0.25) is 0 Å². The van der Waals surface area contributed by atoms with Crippen molar-refractivity contribution in [3.05, 3.63) is 0 Å². The molecule has 0 aromatic carbocycles. The van der Waals surface area contributed by atoms with E-state index >= 15 is 0 Å². The van der Waals surface area contributed by atoms with Gasteiger partial charge in [-0.3, -0.25) is 0 Å². The molecule has 0 saturated carbocycles. The number of hydrogen-bond acceptors (Lipinski definition) is 3. The number of carbonyl (C=O) groups is 2. The first-order valence-corrected chi connectivity index (χ1v) is 4.88. The molecule has 1 atom stereocenters. The second-order valence-electron chi connectivity index (χ2n) is 3.07. The van der Waals surface area contributed by atoms with Gasteiger partial charge in [-0.1, -0.05) is 13.3 Å². The van der Waals surface area contributed by atoms with Gasteiger partial charge in [0, 0.05) is 13.7 Å². The van der Waals surface area contributed by atoms with Gasteiger partial charge in [-0.15, -0.1) is 0 Å². The van der Waals surface area contributed by atoms with Crippen LogP contribution < -0.4 is 10.6 Å². The molecule has 3 N–H and O–H groups in total. The van der Waals surface area contributed by atoms with Crippen molar-refractivity contribution in [2.75, 3.05) is 20.3 Å². The minimum atomic E-state index is -1.02. The maximum Gasteiger partial charge on any atom is 0.326 e. The van der Waals surface area contributed by atoms with Gasteiger partial charge in [0.25, 0.3) is 0 Å². The lowest BCUT2D eigenvalue weighted by atomic mass is 10.2. The van der Waals surface area contributed by atoms with E-state index in [9.17, 15) is 9.59 Å². The number of ether oxygens (including phenoxy) is 1. The van der Waals surface area contributed by atoms with Gasteiger partial charge in [0.2, 0.25) is 0 Å². The lowest BCUT2D eigenvalue weighted by Crippen LogP contribution is -2.46. The Bertz CT molecular complexity index is 208. The summed E-state index contributed by atoms with van der Waals surface area (Å²) in [4.78, 5) is 21.9. The monoisotopic (exact) mass is 218 g/mol. The third-order valence-corrected chi connectivity index (χ3v) is 1.77. The number of urea groups is 1. The van der Waals surface area contributed by atoms with Crippen molar-refractivity contribution in [1.82, 2.24) is 10.6 Å². The summed E-state index contributed by atoms with van der Waals surface area (Å²) in [7, 11) is 1.52. The smallest absolute Gasteiger partial charge is 0.326 e. The van der Waals surface area contributed by atoms with Crippen molar-refractivity contribution in [3.8, 4) is 0 Å². The fourth-order valence-electron chi connectivity index (χ4n) is 1.02. The Hall–Kier alpha value is -1.30. The minimum absolute atomic E-state index is 0.362. The number of carboxylic acid groups (broad SMARTS) is 1. The molecule has 0 spiro atoms. The molecule has 0 aliphatic heterocycles. The van der Waals surface area contributed by atoms with Gasteiger partial charge in [0.05, 0.1) is 6.61 Å². The first-order valence-electron chi connectivity index (χ1n) is 4.88. The van der Waals surface area contributed by atoms with E-state index < -0.39 is 18.0 Å². The van der Waals surface area contributed by atoms with E-state index in [1.165, 1.54) is 7.11 Å². The Morgan fingerprint density at radius 1 is 1.47 bits per heavy atom. The van der Waals surface area contributed by atoms with Crippen LogP contribution in [0.15, 0.2) is 0 Å². The van der Waals surface area contributed by atoms with Crippen molar-refractivity contribution in [2.45, 2.75) is 25.8 Å². The Morgan fingerprint density at radius 2 is 2.13 bits per heavy atom. The first-order chi connectivity index (χ1) is 7.11. The van der Waals surface area contributed by atoms with Crippen LogP contribution in [-0.4, -0.2) is 43.4 Å². The Kier molecular flexibility index (Phi) is 7.35. The van der Waals surface area contributed by atoms with E-state index in [-0.39, 0.29) is 0 Å². The lowest BCUT2D eigenvalue weighted by molar-refractivity contribution is -0.139. The Balaban J connectivity index is 3.84. The molecule has 15 heavy (non-hydrogen) atoms. The fourth-order valence-corrected chi connectivity index (χ4v) is 1.02. The molecule has 0 saturated heterocycles. The van der Waals surface area contributed by atoms with Crippen molar-refractivity contribution in [1.29, 1.82) is 0 Å². The molecule has 0 fully saturated rings. The van der Waals surface area contributed by atoms with E-state index in [1.54, 1.807) is 0 Å². The third-order valence-electron chi connectivity index (χ3n) is 1.77. The molecule has 2 amide bonds. The van der Waals surface area contributed by atoms with Gasteiger partial charge in [0.15, 0.2) is 0 Å². The third kappa shape index (κ3) is 6.73. The molecule has 0 aliphatic rings. The highest BCUT2D eigenvalue weighted by Crippen LogP contribution is 1.96. The second kappa shape index (κ2) is 8.05. The number of nitrogens with one attached hydrogen (secondary N) is 2. The molecule has 0 heterocycles. The molecule has 0 aliphatic carbocycles. The first kappa shape index (κ1) is 13.7. The lowest BCUT2D eigenvalue weighted by Gasteiger charge is -2.13. The van der Waals surface area contributed by atoms with Crippen LogP contribution in [0.3, 0.4) is 0 Å². The molecule has 0 aromatic heterocycles. The van der Waals surface area contributed by atoms with Crippen LogP contribution in [0.1, 0.15) is 19.8 Å². The number of carboxylic acids is 1. The van der Waals surface area contributed by atoms with Gasteiger partial charge < -0.3 is 20.5 Å². The van der Waals surface area contributed by atoms with Crippen molar-refractivity contribution < 1.29 is 19.4 Å². The molecule has 0 bridgehead atoms. The van der Waals surface area contributed by atoms with E-state index in [2.05, 4.69) is 10.6 Å². The molecule has 1 unspecified atom stereocenters. The van der Waals surface area contributed by atoms with Gasteiger partial charge in [0.1, 0.15) is 6.04 Å². The van der Waals surface area contributed by atoms with Crippen molar-refractivity contribution in [3.63, 3.8) is 0 Å². The summed E-state index contributed by atoms with van der Waals surface area (Å²) >= 11 is 0. The number of rotatable bonds is 7. The molecular weight excluding hydrogens is 200 g/mol. The van der Waals surface area contributed by atoms with Gasteiger partial charge in [-0.25, -0.2) is 9.59 Å². The fraction of sp³-hybridized carbons (Fsp3) is 0.778. The quantitative estimate of drug-likeness (QED) is 0.532. The molecule has 6 heteroatoms. The van der Waals surface area contributed by atoms with E-state index in [1.807, 2.05) is 6.92 Å². The van der Waals surface area contributed by atoms with Crippen LogP contribution >= 0.6 is 0 Å². The minimum Gasteiger partial charge on any atom is -0.480 e. The van der Waals surface area contributed by atoms with Crippen LogP contribution in [0.25, 0.3) is 0 Å². The highest BCUT2D eigenvalue weighted by atomic mass is 16.5. The summed E-state index contributed by atoms with van der Waals surface area (Å²) in [6.07, 6.45) is 1.13.